The molecule has 0 saturated heterocycles. The Hall–Kier alpha value is -3.75. The summed E-state index contributed by atoms with van der Waals surface area (Å²) >= 11 is 7.12. The lowest BCUT2D eigenvalue weighted by molar-refractivity contribution is -0.120. The normalized spacial score (nSPS) is 13.3. The van der Waals surface area contributed by atoms with Crippen LogP contribution in [0, 0.1) is 6.92 Å². The van der Waals surface area contributed by atoms with Gasteiger partial charge in [0, 0.05) is 9.92 Å². The number of thioether (sulfide) groups is 1. The summed E-state index contributed by atoms with van der Waals surface area (Å²) in [6, 6.07) is 17.9. The van der Waals surface area contributed by atoms with Crippen molar-refractivity contribution in [2.45, 2.75) is 31.6 Å². The molecule has 3 aromatic rings. The number of hydrogen-bond donors (Lipinski definition) is 2. The van der Waals surface area contributed by atoms with Gasteiger partial charge in [0.25, 0.3) is 11.8 Å². The summed E-state index contributed by atoms with van der Waals surface area (Å²) in [7, 11) is 0. The van der Waals surface area contributed by atoms with Crippen molar-refractivity contribution in [3.05, 3.63) is 93.5 Å². The van der Waals surface area contributed by atoms with Crippen LogP contribution in [0.15, 0.2) is 82.2 Å². The Morgan fingerprint density at radius 2 is 1.73 bits per heavy atom. The lowest BCUT2D eigenvalue weighted by Gasteiger charge is -2.16. The summed E-state index contributed by atoms with van der Waals surface area (Å²) in [5.41, 5.74) is 1.83. The number of carbonyl (C=O) groups is 3. The highest BCUT2D eigenvalue weighted by molar-refractivity contribution is 8.04. The number of ether oxygens (including phenoxy) is 1. The van der Waals surface area contributed by atoms with E-state index in [-0.39, 0.29) is 16.4 Å². The number of anilines is 2. The van der Waals surface area contributed by atoms with Crippen LogP contribution < -0.4 is 10.2 Å². The maximum absolute atomic E-state index is 13.5. The van der Waals surface area contributed by atoms with Gasteiger partial charge < -0.3 is 15.2 Å². The summed E-state index contributed by atoms with van der Waals surface area (Å²) in [5.74, 6) is -1.63. The lowest BCUT2D eigenvalue weighted by Crippen LogP contribution is -2.32. The highest BCUT2D eigenvalue weighted by Gasteiger charge is 2.40. The third-order valence-corrected chi connectivity index (χ3v) is 6.92. The Bertz CT molecular complexity index is 1370. The van der Waals surface area contributed by atoms with Gasteiger partial charge >= 0.3 is 5.97 Å². The molecule has 0 unspecified atom stereocenters. The molecule has 0 aromatic heterocycles. The highest BCUT2D eigenvalue weighted by Crippen LogP contribution is 2.39. The fraction of sp³-hybridized carbons (Fsp3) is 0.179. The van der Waals surface area contributed by atoms with Crippen molar-refractivity contribution in [3.8, 4) is 5.75 Å². The van der Waals surface area contributed by atoms with E-state index in [0.717, 1.165) is 35.1 Å². The summed E-state index contributed by atoms with van der Waals surface area (Å²) in [6.07, 6.45) is 1.68. The van der Waals surface area contributed by atoms with Gasteiger partial charge in [-0.2, -0.15) is 0 Å². The summed E-state index contributed by atoms with van der Waals surface area (Å²) in [5, 5.41) is 13.8. The molecule has 7 nitrogen and oxygen atoms in total. The van der Waals surface area contributed by atoms with Gasteiger partial charge in [0.2, 0.25) is 0 Å². The first kappa shape index (κ1) is 26.3. The summed E-state index contributed by atoms with van der Waals surface area (Å²) in [6.45, 7) is 4.19. The number of carbonyl (C=O) groups excluding carboxylic acids is 3. The topological polar surface area (TPSA) is 95.9 Å². The van der Waals surface area contributed by atoms with Gasteiger partial charge in [0.1, 0.15) is 16.4 Å². The number of nitrogens with one attached hydrogen (secondary N) is 1. The van der Waals surface area contributed by atoms with Gasteiger partial charge in [-0.05, 0) is 79.6 Å². The Kier molecular flexibility index (Phi) is 8.21. The van der Waals surface area contributed by atoms with Crippen molar-refractivity contribution >= 4 is 52.5 Å². The van der Waals surface area contributed by atoms with E-state index in [2.05, 4.69) is 5.32 Å². The zero-order chi connectivity index (χ0) is 26.5. The van der Waals surface area contributed by atoms with Gasteiger partial charge in [-0.25, -0.2) is 9.69 Å². The van der Waals surface area contributed by atoms with Crippen LogP contribution in [0.4, 0.5) is 11.4 Å². The van der Waals surface area contributed by atoms with Crippen LogP contribution in [0.1, 0.15) is 35.7 Å². The van der Waals surface area contributed by atoms with E-state index in [1.54, 1.807) is 36.4 Å². The van der Waals surface area contributed by atoms with Crippen molar-refractivity contribution < 1.29 is 24.2 Å². The molecule has 1 aliphatic heterocycles. The van der Waals surface area contributed by atoms with Crippen molar-refractivity contribution in [2.75, 3.05) is 16.8 Å². The van der Waals surface area contributed by atoms with E-state index in [4.69, 9.17) is 16.3 Å². The number of rotatable bonds is 9. The molecular formula is C28H25ClN2O5S. The molecule has 2 amide bonds. The molecule has 0 aliphatic carbocycles. The number of benzene rings is 3. The largest absolute Gasteiger partial charge is 0.506 e. The van der Waals surface area contributed by atoms with Crippen molar-refractivity contribution in [1.29, 1.82) is 0 Å². The predicted octanol–water partition coefficient (Wildman–Crippen LogP) is 6.30. The molecule has 0 fully saturated rings. The van der Waals surface area contributed by atoms with Crippen LogP contribution >= 0.6 is 23.4 Å². The maximum atomic E-state index is 13.5. The maximum Gasteiger partial charge on any atom is 0.338 e. The molecule has 0 spiro atoms. The molecule has 0 saturated carbocycles. The fourth-order valence-corrected chi connectivity index (χ4v) is 4.65. The second-order valence-corrected chi connectivity index (χ2v) is 9.91. The second kappa shape index (κ2) is 11.5. The Balaban J connectivity index is 1.65. The molecule has 4 rings (SSSR count). The summed E-state index contributed by atoms with van der Waals surface area (Å²) < 4.78 is 5.23. The summed E-state index contributed by atoms with van der Waals surface area (Å²) in [4.78, 5) is 41.2. The minimum absolute atomic E-state index is 0.0360. The van der Waals surface area contributed by atoms with E-state index in [0.29, 0.717) is 33.5 Å². The smallest absolute Gasteiger partial charge is 0.338 e. The molecule has 0 bridgehead atoms. The number of aryl methyl sites for hydroxylation is 1. The van der Waals surface area contributed by atoms with E-state index < -0.39 is 17.8 Å². The fourth-order valence-electron chi connectivity index (χ4n) is 3.59. The number of amides is 2. The molecular weight excluding hydrogens is 512 g/mol. The monoisotopic (exact) mass is 536 g/mol. The molecule has 1 aliphatic rings. The third-order valence-electron chi connectivity index (χ3n) is 5.58. The van der Waals surface area contributed by atoms with Crippen LogP contribution in [-0.4, -0.2) is 29.5 Å². The van der Waals surface area contributed by atoms with Crippen LogP contribution in [0.2, 0.25) is 5.02 Å². The first-order chi connectivity index (χ1) is 17.8. The molecule has 190 valence electrons. The zero-order valence-corrected chi connectivity index (χ0v) is 21.9. The number of phenolic OH excluding ortho intramolecular Hbond substituents is 1. The van der Waals surface area contributed by atoms with Gasteiger partial charge in [-0.3, -0.25) is 9.59 Å². The molecule has 0 atom stereocenters. The van der Waals surface area contributed by atoms with Gasteiger partial charge in [-0.1, -0.05) is 42.8 Å². The number of hydrogen-bond acceptors (Lipinski definition) is 7. The van der Waals surface area contributed by atoms with Crippen molar-refractivity contribution in [2.24, 2.45) is 0 Å². The van der Waals surface area contributed by atoms with Crippen LogP contribution in [0.25, 0.3) is 0 Å². The van der Waals surface area contributed by atoms with E-state index in [9.17, 15) is 19.5 Å². The predicted molar refractivity (Wildman–Crippen MR) is 145 cm³/mol. The van der Waals surface area contributed by atoms with Crippen molar-refractivity contribution in [3.63, 3.8) is 0 Å². The molecule has 2 N–H and O–H groups in total. The Morgan fingerprint density at radius 1 is 1.03 bits per heavy atom. The van der Waals surface area contributed by atoms with Crippen LogP contribution in [-0.2, 0) is 14.3 Å². The number of halogens is 1. The SMILES string of the molecule is CCCCOC(=O)c1ccc(N2C(=O)C(Nc3cc(C)ccc3O)=C(Sc3ccc(Cl)cc3)C2=O)cc1. The zero-order valence-electron chi connectivity index (χ0n) is 20.3. The van der Waals surface area contributed by atoms with Crippen LogP contribution in [0.3, 0.4) is 0 Å². The number of phenols is 1. The number of unbranched alkanes of at least 4 members (excludes halogenated alkanes) is 1. The molecule has 1 heterocycles. The highest BCUT2D eigenvalue weighted by atomic mass is 35.5. The van der Waals surface area contributed by atoms with Crippen LogP contribution in [0.5, 0.6) is 5.75 Å². The van der Waals surface area contributed by atoms with E-state index in [1.807, 2.05) is 13.8 Å². The second-order valence-electron chi connectivity index (χ2n) is 8.39. The lowest BCUT2D eigenvalue weighted by atomic mass is 10.2. The minimum atomic E-state index is -0.583. The van der Waals surface area contributed by atoms with Crippen molar-refractivity contribution in [1.82, 2.24) is 0 Å². The number of esters is 1. The number of nitrogens with zero attached hydrogens (tertiary/aromatic N) is 1. The Labute approximate surface area is 224 Å². The minimum Gasteiger partial charge on any atom is -0.506 e. The molecule has 37 heavy (non-hydrogen) atoms. The Morgan fingerprint density at radius 3 is 2.41 bits per heavy atom. The number of imide groups is 1. The average molecular weight is 537 g/mol. The molecule has 9 heteroatoms. The molecule has 3 aromatic carbocycles. The quantitative estimate of drug-likeness (QED) is 0.143. The van der Waals surface area contributed by atoms with Gasteiger partial charge in [0.15, 0.2) is 0 Å². The standard InChI is InChI=1S/C28H25ClN2O5S/c1-3-4-15-36-28(35)18-6-10-20(11-7-18)31-26(33)24(30-22-16-17(2)5-14-23(22)32)25(27(31)34)37-21-12-8-19(29)9-13-21/h5-14,16,30,32H,3-4,15H2,1-2H3. The van der Waals surface area contributed by atoms with E-state index >= 15 is 0 Å². The third kappa shape index (κ3) is 5.98. The molecule has 0 radical (unpaired) electrons. The first-order valence-corrected chi connectivity index (χ1v) is 12.9. The average Bonchev–Trinajstić information content (AvgIpc) is 3.11. The van der Waals surface area contributed by atoms with E-state index in [1.165, 1.54) is 30.3 Å². The first-order valence-electron chi connectivity index (χ1n) is 11.7. The van der Waals surface area contributed by atoms with Gasteiger partial charge in [-0.15, -0.1) is 0 Å². The number of aromatic hydroxyl groups is 1. The van der Waals surface area contributed by atoms with Gasteiger partial charge in [0.05, 0.1) is 23.5 Å².